The Labute approximate surface area is 160 Å². The van der Waals surface area contributed by atoms with Gasteiger partial charge in [0.15, 0.2) is 11.5 Å². The molecule has 0 bridgehead atoms. The molecule has 27 heavy (non-hydrogen) atoms. The third-order valence-electron chi connectivity index (χ3n) is 3.96. The molecule has 0 aliphatic carbocycles. The first-order valence-corrected chi connectivity index (χ1v) is 9.16. The number of nitriles is 1. The van der Waals surface area contributed by atoms with Gasteiger partial charge in [-0.2, -0.15) is 5.26 Å². The van der Waals surface area contributed by atoms with Crippen LogP contribution in [0.2, 0.25) is 0 Å². The Bertz CT molecular complexity index is 690. The van der Waals surface area contributed by atoms with Crippen LogP contribution in [-0.4, -0.2) is 63.5 Å². The van der Waals surface area contributed by atoms with Crippen molar-refractivity contribution in [2.45, 2.75) is 13.8 Å². The molecular weight excluding hydrogens is 348 g/mol. The van der Waals surface area contributed by atoms with Gasteiger partial charge in [0.05, 0.1) is 26.4 Å². The van der Waals surface area contributed by atoms with Crippen molar-refractivity contribution in [3.05, 3.63) is 29.3 Å². The maximum Gasteiger partial charge on any atom is 0.348 e. The predicted molar refractivity (Wildman–Crippen MR) is 101 cm³/mol. The zero-order chi connectivity index (χ0) is 19.5. The number of nitrogens with zero attached hydrogens (tertiary/aromatic N) is 2. The zero-order valence-electron chi connectivity index (χ0n) is 15.9. The fourth-order valence-electron chi connectivity index (χ4n) is 2.62. The van der Waals surface area contributed by atoms with Crippen molar-refractivity contribution in [2.24, 2.45) is 0 Å². The standard InChI is InChI=1S/C20H26N2O5/c1-3-25-19-14-16(13-17(15-21)20(23)26-4-2)5-6-18(19)27-12-9-22-7-10-24-11-8-22/h5-6,13-14H,3-4,7-12H2,1-2H3/b17-13+. The van der Waals surface area contributed by atoms with E-state index in [4.69, 9.17) is 24.2 Å². The Morgan fingerprint density at radius 3 is 2.67 bits per heavy atom. The summed E-state index contributed by atoms with van der Waals surface area (Å²) in [5, 5.41) is 9.16. The number of esters is 1. The van der Waals surface area contributed by atoms with Crippen molar-refractivity contribution in [2.75, 3.05) is 52.7 Å². The van der Waals surface area contributed by atoms with Crippen molar-refractivity contribution in [1.29, 1.82) is 5.26 Å². The summed E-state index contributed by atoms with van der Waals surface area (Å²) in [5.74, 6) is 0.579. The van der Waals surface area contributed by atoms with Gasteiger partial charge in [-0.05, 0) is 37.6 Å². The molecule has 1 fully saturated rings. The van der Waals surface area contributed by atoms with E-state index in [1.807, 2.05) is 13.0 Å². The van der Waals surface area contributed by atoms with Crippen LogP contribution in [0.3, 0.4) is 0 Å². The van der Waals surface area contributed by atoms with E-state index in [2.05, 4.69) is 4.90 Å². The van der Waals surface area contributed by atoms with E-state index in [0.717, 1.165) is 32.8 Å². The Morgan fingerprint density at radius 2 is 2.00 bits per heavy atom. The molecule has 0 spiro atoms. The van der Waals surface area contributed by atoms with Gasteiger partial charge in [0.25, 0.3) is 0 Å². The van der Waals surface area contributed by atoms with Gasteiger partial charge in [0.1, 0.15) is 18.2 Å². The van der Waals surface area contributed by atoms with Crippen LogP contribution >= 0.6 is 0 Å². The molecule has 0 atom stereocenters. The fraction of sp³-hybridized carbons (Fsp3) is 0.500. The van der Waals surface area contributed by atoms with E-state index < -0.39 is 5.97 Å². The summed E-state index contributed by atoms with van der Waals surface area (Å²) in [7, 11) is 0. The van der Waals surface area contributed by atoms with Gasteiger partial charge in [-0.1, -0.05) is 6.07 Å². The third kappa shape index (κ3) is 6.59. The minimum absolute atomic E-state index is 0.0553. The molecule has 0 N–H and O–H groups in total. The average Bonchev–Trinajstić information content (AvgIpc) is 2.69. The SMILES string of the molecule is CCOC(=O)/C(C#N)=C/c1ccc(OCCN2CCOCC2)c(OCC)c1. The second kappa shape index (κ2) is 11.2. The molecule has 0 amide bonds. The van der Waals surface area contributed by atoms with Gasteiger partial charge in [0.2, 0.25) is 0 Å². The van der Waals surface area contributed by atoms with Gasteiger partial charge in [-0.15, -0.1) is 0 Å². The number of carbonyl (C=O) groups is 1. The zero-order valence-corrected chi connectivity index (χ0v) is 15.9. The number of ether oxygens (including phenoxy) is 4. The molecule has 1 aliphatic rings. The van der Waals surface area contributed by atoms with E-state index in [9.17, 15) is 4.79 Å². The molecule has 0 unspecified atom stereocenters. The lowest BCUT2D eigenvalue weighted by Gasteiger charge is -2.26. The first-order valence-electron chi connectivity index (χ1n) is 9.16. The van der Waals surface area contributed by atoms with Crippen LogP contribution in [0, 0.1) is 11.3 Å². The number of rotatable bonds is 9. The molecular formula is C20H26N2O5. The fourth-order valence-corrected chi connectivity index (χ4v) is 2.62. The van der Waals surface area contributed by atoms with Crippen molar-refractivity contribution in [1.82, 2.24) is 4.90 Å². The quantitative estimate of drug-likeness (QED) is 0.373. The summed E-state index contributed by atoms with van der Waals surface area (Å²) in [6.07, 6.45) is 1.48. The van der Waals surface area contributed by atoms with Crippen molar-refractivity contribution in [3.63, 3.8) is 0 Å². The third-order valence-corrected chi connectivity index (χ3v) is 3.96. The monoisotopic (exact) mass is 374 g/mol. The van der Waals surface area contributed by atoms with Crippen LogP contribution in [-0.2, 0) is 14.3 Å². The molecule has 1 saturated heterocycles. The van der Waals surface area contributed by atoms with E-state index in [1.165, 1.54) is 6.08 Å². The van der Waals surface area contributed by atoms with Gasteiger partial charge in [0, 0.05) is 19.6 Å². The van der Waals surface area contributed by atoms with Crippen molar-refractivity contribution in [3.8, 4) is 17.6 Å². The molecule has 0 saturated carbocycles. The molecule has 7 heteroatoms. The lowest BCUT2D eigenvalue weighted by molar-refractivity contribution is -0.137. The number of morpholine rings is 1. The molecule has 146 valence electrons. The number of hydrogen-bond donors (Lipinski definition) is 0. The largest absolute Gasteiger partial charge is 0.490 e. The Kier molecular flexibility index (Phi) is 8.62. The second-order valence-corrected chi connectivity index (χ2v) is 5.83. The molecule has 1 aliphatic heterocycles. The number of carbonyl (C=O) groups excluding carboxylic acids is 1. The normalized spacial score (nSPS) is 15.1. The average molecular weight is 374 g/mol. The minimum atomic E-state index is -0.635. The van der Waals surface area contributed by atoms with E-state index in [1.54, 1.807) is 25.1 Å². The van der Waals surface area contributed by atoms with E-state index >= 15 is 0 Å². The van der Waals surface area contributed by atoms with Crippen molar-refractivity contribution < 1.29 is 23.7 Å². The summed E-state index contributed by atoms with van der Waals surface area (Å²) in [6, 6.07) is 7.19. The van der Waals surface area contributed by atoms with E-state index in [-0.39, 0.29) is 12.2 Å². The van der Waals surface area contributed by atoms with Crippen molar-refractivity contribution >= 4 is 12.0 Å². The lowest BCUT2D eigenvalue weighted by atomic mass is 10.1. The summed E-state index contributed by atoms with van der Waals surface area (Å²) in [4.78, 5) is 14.1. The molecule has 0 radical (unpaired) electrons. The summed E-state index contributed by atoms with van der Waals surface area (Å²) in [6.45, 7) is 8.99. The smallest absolute Gasteiger partial charge is 0.348 e. The Hall–Kier alpha value is -2.56. The number of hydrogen-bond acceptors (Lipinski definition) is 7. The van der Waals surface area contributed by atoms with Crippen LogP contribution in [0.15, 0.2) is 23.8 Å². The summed E-state index contributed by atoms with van der Waals surface area (Å²) < 4.78 is 21.8. The first-order chi connectivity index (χ1) is 13.2. The molecule has 1 aromatic rings. The topological polar surface area (TPSA) is 81.0 Å². The Morgan fingerprint density at radius 1 is 1.22 bits per heavy atom. The summed E-state index contributed by atoms with van der Waals surface area (Å²) in [5.41, 5.74) is 0.615. The highest BCUT2D eigenvalue weighted by Gasteiger charge is 2.13. The van der Waals surface area contributed by atoms with Gasteiger partial charge in [-0.3, -0.25) is 4.90 Å². The maximum absolute atomic E-state index is 11.8. The molecule has 1 aromatic carbocycles. The van der Waals surface area contributed by atoms with Crippen LogP contribution in [0.5, 0.6) is 11.5 Å². The molecule has 2 rings (SSSR count). The molecule has 0 aromatic heterocycles. The molecule has 1 heterocycles. The van der Waals surface area contributed by atoms with Gasteiger partial charge < -0.3 is 18.9 Å². The highest BCUT2D eigenvalue weighted by molar-refractivity contribution is 5.97. The lowest BCUT2D eigenvalue weighted by Crippen LogP contribution is -2.38. The van der Waals surface area contributed by atoms with Gasteiger partial charge in [-0.25, -0.2) is 4.79 Å². The Balaban J connectivity index is 2.06. The predicted octanol–water partition coefficient (Wildman–Crippen LogP) is 2.27. The van der Waals surface area contributed by atoms with Crippen LogP contribution in [0.4, 0.5) is 0 Å². The first kappa shape index (κ1) is 20.7. The number of benzene rings is 1. The highest BCUT2D eigenvalue weighted by atomic mass is 16.5. The van der Waals surface area contributed by atoms with Crippen LogP contribution < -0.4 is 9.47 Å². The van der Waals surface area contributed by atoms with Crippen LogP contribution in [0.1, 0.15) is 19.4 Å². The highest BCUT2D eigenvalue weighted by Crippen LogP contribution is 2.29. The second-order valence-electron chi connectivity index (χ2n) is 5.83. The molecule has 7 nitrogen and oxygen atoms in total. The maximum atomic E-state index is 11.8. The van der Waals surface area contributed by atoms with Gasteiger partial charge >= 0.3 is 5.97 Å². The van der Waals surface area contributed by atoms with Crippen LogP contribution in [0.25, 0.3) is 6.08 Å². The summed E-state index contributed by atoms with van der Waals surface area (Å²) >= 11 is 0. The van der Waals surface area contributed by atoms with E-state index in [0.29, 0.717) is 30.3 Å². The minimum Gasteiger partial charge on any atom is -0.490 e.